The van der Waals surface area contributed by atoms with Gasteiger partial charge in [-0.1, -0.05) is 13.8 Å². The minimum Gasteiger partial charge on any atom is -0.392 e. The Balaban J connectivity index is 2.22. The lowest BCUT2D eigenvalue weighted by molar-refractivity contribution is 0.196. The molecule has 2 heteroatoms. The van der Waals surface area contributed by atoms with E-state index in [-0.39, 0.29) is 6.10 Å². The molecule has 1 nitrogen and oxygen atoms in total. The molecule has 0 radical (unpaired) electrons. The number of rotatable bonds is 3. The third-order valence-electron chi connectivity index (χ3n) is 3.05. The van der Waals surface area contributed by atoms with Crippen LogP contribution in [0.25, 0.3) is 0 Å². The summed E-state index contributed by atoms with van der Waals surface area (Å²) in [4.78, 5) is 0. The fourth-order valence-electron chi connectivity index (χ4n) is 1.78. The number of thioether (sulfide) groups is 1. The fourth-order valence-corrected chi connectivity index (χ4v) is 3.16. The van der Waals surface area contributed by atoms with E-state index in [1.54, 1.807) is 0 Å². The highest BCUT2D eigenvalue weighted by molar-refractivity contribution is 8.00. The molecular formula is C11H22OS. The van der Waals surface area contributed by atoms with Crippen LogP contribution in [-0.4, -0.2) is 21.7 Å². The summed E-state index contributed by atoms with van der Waals surface area (Å²) < 4.78 is 0. The smallest absolute Gasteiger partial charge is 0.0628 e. The minimum atomic E-state index is -0.163. The van der Waals surface area contributed by atoms with Crippen molar-refractivity contribution in [2.24, 2.45) is 5.92 Å². The molecule has 0 bridgehead atoms. The van der Waals surface area contributed by atoms with Gasteiger partial charge in [0.1, 0.15) is 0 Å². The largest absolute Gasteiger partial charge is 0.392 e. The van der Waals surface area contributed by atoms with Gasteiger partial charge in [0, 0.05) is 10.5 Å². The summed E-state index contributed by atoms with van der Waals surface area (Å²) in [6.07, 6.45) is 5.30. The molecule has 0 aromatic carbocycles. The Morgan fingerprint density at radius 1 is 1.15 bits per heavy atom. The van der Waals surface area contributed by atoms with E-state index >= 15 is 0 Å². The molecule has 0 aromatic heterocycles. The van der Waals surface area contributed by atoms with Crippen molar-refractivity contribution in [2.45, 2.75) is 63.1 Å². The van der Waals surface area contributed by atoms with E-state index in [1.165, 1.54) is 25.7 Å². The molecule has 0 aromatic rings. The van der Waals surface area contributed by atoms with Crippen molar-refractivity contribution in [1.29, 1.82) is 0 Å². The first-order valence-electron chi connectivity index (χ1n) is 5.43. The van der Waals surface area contributed by atoms with Crippen LogP contribution in [0.15, 0.2) is 0 Å². The molecule has 0 aliphatic heterocycles. The summed E-state index contributed by atoms with van der Waals surface area (Å²) in [6.45, 7) is 6.37. The van der Waals surface area contributed by atoms with Crippen molar-refractivity contribution in [1.82, 2.24) is 0 Å². The van der Waals surface area contributed by atoms with Gasteiger partial charge in [-0.25, -0.2) is 0 Å². The summed E-state index contributed by atoms with van der Waals surface area (Å²) >= 11 is 1.98. The predicted octanol–water partition coefficient (Wildman–Crippen LogP) is 3.07. The molecule has 0 heterocycles. The van der Waals surface area contributed by atoms with Crippen molar-refractivity contribution in [3.63, 3.8) is 0 Å². The van der Waals surface area contributed by atoms with E-state index < -0.39 is 0 Å². The summed E-state index contributed by atoms with van der Waals surface area (Å²) in [5, 5.41) is 10.6. The zero-order chi connectivity index (χ0) is 9.84. The van der Waals surface area contributed by atoms with Gasteiger partial charge in [0.05, 0.1) is 6.10 Å². The van der Waals surface area contributed by atoms with Gasteiger partial charge in [0.15, 0.2) is 0 Å². The maximum absolute atomic E-state index is 9.38. The van der Waals surface area contributed by atoms with Crippen LogP contribution in [0.2, 0.25) is 0 Å². The van der Waals surface area contributed by atoms with Crippen LogP contribution < -0.4 is 0 Å². The van der Waals surface area contributed by atoms with Crippen molar-refractivity contribution >= 4 is 11.8 Å². The zero-order valence-electron chi connectivity index (χ0n) is 8.99. The molecule has 0 spiro atoms. The van der Waals surface area contributed by atoms with Crippen LogP contribution in [0, 0.1) is 5.92 Å². The Kier molecular flexibility index (Phi) is 4.60. The lowest BCUT2D eigenvalue weighted by Crippen LogP contribution is -2.22. The van der Waals surface area contributed by atoms with Gasteiger partial charge in [-0.15, -0.1) is 0 Å². The molecule has 1 aliphatic carbocycles. The van der Waals surface area contributed by atoms with E-state index in [0.717, 1.165) is 11.2 Å². The highest BCUT2D eigenvalue weighted by atomic mass is 32.2. The summed E-state index contributed by atoms with van der Waals surface area (Å²) in [5.41, 5.74) is 0. The maximum Gasteiger partial charge on any atom is 0.0628 e. The number of hydrogen-bond acceptors (Lipinski definition) is 2. The molecule has 1 rings (SSSR count). The quantitative estimate of drug-likeness (QED) is 0.759. The first-order valence-corrected chi connectivity index (χ1v) is 6.37. The second-order valence-corrected chi connectivity index (χ2v) is 6.15. The van der Waals surface area contributed by atoms with E-state index in [9.17, 15) is 5.11 Å². The molecule has 0 saturated heterocycles. The monoisotopic (exact) mass is 202 g/mol. The van der Waals surface area contributed by atoms with Crippen LogP contribution in [-0.2, 0) is 0 Å². The summed E-state index contributed by atoms with van der Waals surface area (Å²) in [5.74, 6) is 0.929. The fraction of sp³-hybridized carbons (Fsp3) is 1.00. The highest BCUT2D eigenvalue weighted by Crippen LogP contribution is 2.34. The van der Waals surface area contributed by atoms with Crippen molar-refractivity contribution in [3.05, 3.63) is 0 Å². The first kappa shape index (κ1) is 11.4. The minimum absolute atomic E-state index is 0.163. The predicted molar refractivity (Wildman–Crippen MR) is 60.2 cm³/mol. The van der Waals surface area contributed by atoms with Crippen molar-refractivity contribution < 1.29 is 5.11 Å². The number of aliphatic hydroxyl groups excluding tert-OH is 1. The summed E-state index contributed by atoms with van der Waals surface area (Å²) in [6, 6.07) is 0. The van der Waals surface area contributed by atoms with Crippen LogP contribution in [0.1, 0.15) is 46.5 Å². The molecule has 1 saturated carbocycles. The van der Waals surface area contributed by atoms with Crippen molar-refractivity contribution in [3.8, 4) is 0 Å². The molecule has 0 amide bonds. The van der Waals surface area contributed by atoms with Gasteiger partial charge in [-0.2, -0.15) is 11.8 Å². The van der Waals surface area contributed by atoms with Gasteiger partial charge >= 0.3 is 0 Å². The van der Waals surface area contributed by atoms with Gasteiger partial charge < -0.3 is 5.11 Å². The second kappa shape index (κ2) is 5.26. The van der Waals surface area contributed by atoms with Crippen molar-refractivity contribution in [2.75, 3.05) is 0 Å². The lowest BCUT2D eigenvalue weighted by atomic mass is 9.91. The van der Waals surface area contributed by atoms with Crippen LogP contribution in [0.4, 0.5) is 0 Å². The average molecular weight is 202 g/mol. The second-order valence-electron chi connectivity index (χ2n) is 4.46. The van der Waals surface area contributed by atoms with Gasteiger partial charge in [-0.05, 0) is 38.5 Å². The Hall–Kier alpha value is 0.310. The van der Waals surface area contributed by atoms with E-state index in [4.69, 9.17) is 0 Å². The molecule has 1 fully saturated rings. The third kappa shape index (κ3) is 3.90. The Bertz CT molecular complexity index is 139. The van der Waals surface area contributed by atoms with Gasteiger partial charge in [0.25, 0.3) is 0 Å². The maximum atomic E-state index is 9.38. The molecule has 78 valence electrons. The van der Waals surface area contributed by atoms with E-state index in [1.807, 2.05) is 18.7 Å². The third-order valence-corrected chi connectivity index (χ3v) is 4.73. The molecular weight excluding hydrogens is 180 g/mol. The van der Waals surface area contributed by atoms with Crippen LogP contribution >= 0.6 is 11.8 Å². The van der Waals surface area contributed by atoms with E-state index in [2.05, 4.69) is 13.8 Å². The van der Waals surface area contributed by atoms with Gasteiger partial charge in [-0.3, -0.25) is 0 Å². The molecule has 2 atom stereocenters. The molecule has 1 aliphatic rings. The topological polar surface area (TPSA) is 20.2 Å². The van der Waals surface area contributed by atoms with Crippen LogP contribution in [0.5, 0.6) is 0 Å². The Labute approximate surface area is 86.3 Å². The average Bonchev–Trinajstić information content (AvgIpc) is 2.08. The highest BCUT2D eigenvalue weighted by Gasteiger charge is 2.21. The Morgan fingerprint density at radius 3 is 2.15 bits per heavy atom. The first-order chi connectivity index (χ1) is 6.09. The standard InChI is InChI=1S/C11H22OS/c1-8-4-6-11(7-5-8)13-10(3)9(2)12/h8-12H,4-7H2,1-3H3. The molecule has 1 N–H and O–H groups in total. The molecule has 13 heavy (non-hydrogen) atoms. The molecule has 2 unspecified atom stereocenters. The SMILES string of the molecule is CC1CCC(SC(C)C(C)O)CC1. The van der Waals surface area contributed by atoms with Crippen LogP contribution in [0.3, 0.4) is 0 Å². The Morgan fingerprint density at radius 2 is 1.69 bits per heavy atom. The lowest BCUT2D eigenvalue weighted by Gasteiger charge is -2.28. The number of hydrogen-bond donors (Lipinski definition) is 1. The van der Waals surface area contributed by atoms with Gasteiger partial charge in [0.2, 0.25) is 0 Å². The summed E-state index contributed by atoms with van der Waals surface area (Å²) in [7, 11) is 0. The van der Waals surface area contributed by atoms with E-state index in [0.29, 0.717) is 5.25 Å². The number of aliphatic hydroxyl groups is 1. The zero-order valence-corrected chi connectivity index (χ0v) is 9.81. The normalized spacial score (nSPS) is 34.2.